The summed E-state index contributed by atoms with van der Waals surface area (Å²) < 4.78 is 5.60. The fourth-order valence-corrected chi connectivity index (χ4v) is 2.53. The first-order chi connectivity index (χ1) is 11.5. The average Bonchev–Trinajstić information content (AvgIpc) is 2.57. The molecule has 0 aliphatic rings. The molecule has 0 aliphatic carbocycles. The first-order valence-electron chi connectivity index (χ1n) is 7.01. The van der Waals surface area contributed by atoms with E-state index in [9.17, 15) is 19.8 Å². The van der Waals surface area contributed by atoms with Gasteiger partial charge in [0.25, 0.3) is 5.56 Å². The second-order valence-electron chi connectivity index (χ2n) is 5.26. The van der Waals surface area contributed by atoms with Gasteiger partial charge in [0, 0.05) is 11.6 Å². The van der Waals surface area contributed by atoms with E-state index in [2.05, 4.69) is 9.97 Å². The normalized spacial score (nSPS) is 11.2. The number of aromatic hydroxyl groups is 2. The average molecular weight is 322 g/mol. The molecule has 7 heteroatoms. The lowest BCUT2D eigenvalue weighted by Gasteiger charge is -2.06. The van der Waals surface area contributed by atoms with Crippen molar-refractivity contribution >= 4 is 22.0 Å². The number of phenols is 2. The summed E-state index contributed by atoms with van der Waals surface area (Å²) >= 11 is 0. The zero-order valence-corrected chi connectivity index (χ0v) is 12.1. The smallest absolute Gasteiger partial charge is 0.266 e. The van der Waals surface area contributed by atoms with Crippen LogP contribution in [0.15, 0.2) is 56.6 Å². The summed E-state index contributed by atoms with van der Waals surface area (Å²) in [6.07, 6.45) is 1.18. The minimum atomic E-state index is -0.498. The molecule has 0 saturated carbocycles. The Balaban J connectivity index is 2.01. The third-order valence-electron chi connectivity index (χ3n) is 3.71. The highest BCUT2D eigenvalue weighted by atomic mass is 16.4. The Morgan fingerprint density at radius 1 is 1.04 bits per heavy atom. The van der Waals surface area contributed by atoms with Gasteiger partial charge in [-0.25, -0.2) is 4.98 Å². The first kappa shape index (κ1) is 14.0. The van der Waals surface area contributed by atoms with Gasteiger partial charge in [0.15, 0.2) is 16.8 Å². The summed E-state index contributed by atoms with van der Waals surface area (Å²) in [7, 11) is 0. The number of nitrogens with one attached hydrogen (secondary N) is 1. The van der Waals surface area contributed by atoms with Crippen LogP contribution >= 0.6 is 0 Å². The molecule has 2 heterocycles. The summed E-state index contributed by atoms with van der Waals surface area (Å²) in [6, 6.07) is 8.86. The van der Waals surface area contributed by atoms with Crippen molar-refractivity contribution in [2.24, 2.45) is 0 Å². The van der Waals surface area contributed by atoms with Gasteiger partial charge >= 0.3 is 0 Å². The van der Waals surface area contributed by atoms with E-state index in [4.69, 9.17) is 4.42 Å². The second kappa shape index (κ2) is 4.95. The van der Waals surface area contributed by atoms with E-state index in [0.717, 1.165) is 0 Å². The van der Waals surface area contributed by atoms with Crippen molar-refractivity contribution in [3.63, 3.8) is 0 Å². The van der Waals surface area contributed by atoms with Crippen LogP contribution in [0.5, 0.6) is 11.5 Å². The predicted octanol–water partition coefficient (Wildman–Crippen LogP) is 2.11. The van der Waals surface area contributed by atoms with Crippen LogP contribution in [0.25, 0.3) is 33.3 Å². The largest absolute Gasteiger partial charge is 0.504 e. The molecule has 0 radical (unpaired) electrons. The first-order valence-corrected chi connectivity index (χ1v) is 7.01. The molecule has 4 aromatic rings. The fraction of sp³-hybridized carbons (Fsp3) is 0. The maximum absolute atomic E-state index is 12.2. The number of H-pyrrole nitrogens is 1. The van der Waals surface area contributed by atoms with Crippen molar-refractivity contribution in [3.8, 4) is 22.8 Å². The molecule has 0 amide bonds. The molecule has 0 fully saturated rings. The highest BCUT2D eigenvalue weighted by Crippen LogP contribution is 2.34. The summed E-state index contributed by atoms with van der Waals surface area (Å²) in [4.78, 5) is 30.3. The van der Waals surface area contributed by atoms with Crippen molar-refractivity contribution < 1.29 is 14.6 Å². The maximum atomic E-state index is 12.2. The van der Waals surface area contributed by atoms with Gasteiger partial charge in [-0.05, 0) is 30.3 Å². The van der Waals surface area contributed by atoms with Crippen molar-refractivity contribution in [2.45, 2.75) is 0 Å². The van der Waals surface area contributed by atoms with Crippen LogP contribution in [0.4, 0.5) is 0 Å². The Hall–Kier alpha value is -3.61. The van der Waals surface area contributed by atoms with Crippen molar-refractivity contribution in [3.05, 3.63) is 63.2 Å². The zero-order valence-electron chi connectivity index (χ0n) is 12.1. The molecule has 7 nitrogen and oxygen atoms in total. The van der Waals surface area contributed by atoms with Gasteiger partial charge < -0.3 is 19.6 Å². The number of aromatic amines is 1. The van der Waals surface area contributed by atoms with Crippen molar-refractivity contribution in [1.82, 2.24) is 9.97 Å². The molecular formula is C17H10N2O5. The van der Waals surface area contributed by atoms with E-state index < -0.39 is 5.75 Å². The van der Waals surface area contributed by atoms with Gasteiger partial charge in [0.2, 0.25) is 5.75 Å². The standard InChI is InChI=1S/C17H10N2O5/c20-12-4-2-9-13(21)6-14(24-17(9)16(12)23)8-1-3-10-11(5-8)19-15(22)7-18-10/h1-7,20,23H,(H,19,22). The molecule has 2 aromatic carbocycles. The molecule has 0 aliphatic heterocycles. The molecule has 2 aromatic heterocycles. The molecule has 4 rings (SSSR count). The number of nitrogens with zero attached hydrogens (tertiary/aromatic N) is 1. The van der Waals surface area contributed by atoms with E-state index >= 15 is 0 Å². The van der Waals surface area contributed by atoms with Gasteiger partial charge in [0.1, 0.15) is 5.76 Å². The number of benzene rings is 2. The topological polar surface area (TPSA) is 116 Å². The lowest BCUT2D eigenvalue weighted by molar-refractivity contribution is 0.400. The van der Waals surface area contributed by atoms with Crippen LogP contribution in [-0.4, -0.2) is 20.2 Å². The molecule has 24 heavy (non-hydrogen) atoms. The lowest BCUT2D eigenvalue weighted by atomic mass is 10.1. The Morgan fingerprint density at radius 2 is 1.88 bits per heavy atom. The van der Waals surface area contributed by atoms with Gasteiger partial charge in [-0.3, -0.25) is 9.59 Å². The van der Waals surface area contributed by atoms with E-state index in [-0.39, 0.29) is 33.5 Å². The van der Waals surface area contributed by atoms with Gasteiger partial charge in [-0.1, -0.05) is 0 Å². The molecule has 118 valence electrons. The minimum Gasteiger partial charge on any atom is -0.504 e. The van der Waals surface area contributed by atoms with Crippen molar-refractivity contribution in [2.75, 3.05) is 0 Å². The fourth-order valence-electron chi connectivity index (χ4n) is 2.53. The zero-order chi connectivity index (χ0) is 16.8. The van der Waals surface area contributed by atoms with Crippen molar-refractivity contribution in [1.29, 1.82) is 0 Å². The highest BCUT2D eigenvalue weighted by Gasteiger charge is 2.13. The molecule has 0 atom stereocenters. The summed E-state index contributed by atoms with van der Waals surface area (Å²) in [5.41, 5.74) is 0.790. The molecular weight excluding hydrogens is 312 g/mol. The minimum absolute atomic E-state index is 0.0997. The Labute approximate surface area is 133 Å². The summed E-state index contributed by atoms with van der Waals surface area (Å²) in [6.45, 7) is 0. The van der Waals surface area contributed by atoms with Crippen LogP contribution in [0.1, 0.15) is 0 Å². The Morgan fingerprint density at radius 3 is 2.71 bits per heavy atom. The van der Waals surface area contributed by atoms with Crippen LogP contribution < -0.4 is 11.0 Å². The number of hydrogen-bond acceptors (Lipinski definition) is 6. The SMILES string of the molecule is O=c1cnc2ccc(-c3cc(=O)c4ccc(O)c(O)c4o3)cc2[nH]1. The van der Waals surface area contributed by atoms with Crippen LogP contribution in [-0.2, 0) is 0 Å². The van der Waals surface area contributed by atoms with Gasteiger partial charge in [-0.15, -0.1) is 0 Å². The Kier molecular flexibility index (Phi) is 2.89. The third kappa shape index (κ3) is 2.11. The van der Waals surface area contributed by atoms with E-state index in [1.54, 1.807) is 18.2 Å². The summed E-state index contributed by atoms with van der Waals surface area (Å²) in [5.74, 6) is -0.683. The number of phenolic OH excluding ortho intramolecular Hbond substituents is 2. The lowest BCUT2D eigenvalue weighted by Crippen LogP contribution is -2.05. The summed E-state index contributed by atoms with van der Waals surface area (Å²) in [5, 5.41) is 19.7. The third-order valence-corrected chi connectivity index (χ3v) is 3.71. The monoisotopic (exact) mass is 322 g/mol. The predicted molar refractivity (Wildman–Crippen MR) is 87.2 cm³/mol. The number of rotatable bonds is 1. The quantitative estimate of drug-likeness (QED) is 0.462. The van der Waals surface area contributed by atoms with Gasteiger partial charge in [-0.2, -0.15) is 0 Å². The van der Waals surface area contributed by atoms with Gasteiger partial charge in [0.05, 0.1) is 22.6 Å². The molecule has 0 bridgehead atoms. The molecule has 0 unspecified atom stereocenters. The molecule has 0 saturated heterocycles. The number of aromatic nitrogens is 2. The number of fused-ring (bicyclic) bond motifs is 2. The molecule has 0 spiro atoms. The molecule has 3 N–H and O–H groups in total. The van der Waals surface area contributed by atoms with Crippen LogP contribution in [0, 0.1) is 0 Å². The Bertz CT molecular complexity index is 1220. The second-order valence-corrected chi connectivity index (χ2v) is 5.26. The maximum Gasteiger partial charge on any atom is 0.266 e. The van der Waals surface area contributed by atoms with Crippen LogP contribution in [0.3, 0.4) is 0 Å². The van der Waals surface area contributed by atoms with Crippen LogP contribution in [0.2, 0.25) is 0 Å². The van der Waals surface area contributed by atoms with E-state index in [1.807, 2.05) is 0 Å². The van der Waals surface area contributed by atoms with E-state index in [1.165, 1.54) is 24.4 Å². The number of hydrogen-bond donors (Lipinski definition) is 3. The highest BCUT2D eigenvalue weighted by molar-refractivity contribution is 5.87. The van der Waals surface area contributed by atoms with E-state index in [0.29, 0.717) is 16.6 Å².